The minimum atomic E-state index is 0.333. The Bertz CT molecular complexity index is 266. The van der Waals surface area contributed by atoms with Crippen LogP contribution in [0.3, 0.4) is 0 Å². The van der Waals surface area contributed by atoms with Crippen molar-refractivity contribution < 1.29 is 4.79 Å². The molecular weight excluding hydrogens is 206 g/mol. The van der Waals surface area contributed by atoms with Crippen molar-refractivity contribution in [2.24, 2.45) is 5.92 Å². The molecule has 3 N–H and O–H groups in total. The van der Waals surface area contributed by atoms with Crippen LogP contribution in [-0.4, -0.2) is 48.4 Å². The van der Waals surface area contributed by atoms with Crippen LogP contribution in [0.25, 0.3) is 0 Å². The first-order valence-corrected chi connectivity index (χ1v) is 5.53. The number of aromatic amines is 1. The lowest BCUT2D eigenvalue weighted by molar-refractivity contribution is 0.111. The SMILES string of the molecule is CNCC1CCNCC1.O=Cc1cn[nH]n1. The second-order valence-corrected chi connectivity index (χ2v) is 3.76. The minimum absolute atomic E-state index is 0.333. The third kappa shape index (κ3) is 4.99. The largest absolute Gasteiger partial charge is 0.319 e. The van der Waals surface area contributed by atoms with E-state index in [-0.39, 0.29) is 0 Å². The number of carbonyl (C=O) groups excluding carboxylic acids is 1. The number of hydrogen-bond acceptors (Lipinski definition) is 5. The highest BCUT2D eigenvalue weighted by Crippen LogP contribution is 2.08. The smallest absolute Gasteiger partial charge is 0.171 e. The van der Waals surface area contributed by atoms with Crippen LogP contribution in [0.5, 0.6) is 0 Å². The molecule has 6 heteroatoms. The van der Waals surface area contributed by atoms with Gasteiger partial charge in [0.15, 0.2) is 6.29 Å². The van der Waals surface area contributed by atoms with Gasteiger partial charge in [0.25, 0.3) is 0 Å². The molecule has 0 unspecified atom stereocenters. The number of hydrogen-bond donors (Lipinski definition) is 3. The monoisotopic (exact) mass is 225 g/mol. The fourth-order valence-corrected chi connectivity index (χ4v) is 1.64. The van der Waals surface area contributed by atoms with Gasteiger partial charge in [-0.25, -0.2) is 0 Å². The molecule has 0 amide bonds. The van der Waals surface area contributed by atoms with Gasteiger partial charge in [0, 0.05) is 0 Å². The number of carbonyl (C=O) groups is 1. The molecule has 0 bridgehead atoms. The summed E-state index contributed by atoms with van der Waals surface area (Å²) in [4.78, 5) is 9.75. The molecule has 90 valence electrons. The Morgan fingerprint density at radius 2 is 2.31 bits per heavy atom. The van der Waals surface area contributed by atoms with Crippen LogP contribution in [0.4, 0.5) is 0 Å². The number of rotatable bonds is 3. The molecule has 16 heavy (non-hydrogen) atoms. The van der Waals surface area contributed by atoms with Gasteiger partial charge in [0.1, 0.15) is 5.69 Å². The average molecular weight is 225 g/mol. The van der Waals surface area contributed by atoms with Crippen molar-refractivity contribution in [3.8, 4) is 0 Å². The molecule has 0 atom stereocenters. The van der Waals surface area contributed by atoms with E-state index in [2.05, 4.69) is 26.0 Å². The predicted octanol–water partition coefficient (Wildman–Crippen LogP) is -0.177. The van der Waals surface area contributed by atoms with Crippen LogP contribution in [0.15, 0.2) is 6.20 Å². The van der Waals surface area contributed by atoms with E-state index in [4.69, 9.17) is 0 Å². The Balaban J connectivity index is 0.000000165. The van der Waals surface area contributed by atoms with Crippen LogP contribution < -0.4 is 10.6 Å². The van der Waals surface area contributed by atoms with Crippen LogP contribution in [0.2, 0.25) is 0 Å². The first kappa shape index (κ1) is 12.8. The van der Waals surface area contributed by atoms with E-state index in [9.17, 15) is 4.79 Å². The Morgan fingerprint density at radius 1 is 1.56 bits per heavy atom. The molecule has 0 aromatic carbocycles. The van der Waals surface area contributed by atoms with Crippen molar-refractivity contribution in [1.29, 1.82) is 0 Å². The Morgan fingerprint density at radius 3 is 2.75 bits per heavy atom. The summed E-state index contributed by atoms with van der Waals surface area (Å²) < 4.78 is 0. The van der Waals surface area contributed by atoms with Gasteiger partial charge in [-0.2, -0.15) is 15.4 Å². The molecule has 0 spiro atoms. The number of nitrogens with one attached hydrogen (secondary N) is 3. The zero-order valence-electron chi connectivity index (χ0n) is 9.57. The zero-order valence-corrected chi connectivity index (χ0v) is 9.57. The molecule has 1 aromatic heterocycles. The van der Waals surface area contributed by atoms with Crippen molar-refractivity contribution >= 4 is 6.29 Å². The summed E-state index contributed by atoms with van der Waals surface area (Å²) in [6.45, 7) is 3.63. The second-order valence-electron chi connectivity index (χ2n) is 3.76. The van der Waals surface area contributed by atoms with Crippen LogP contribution >= 0.6 is 0 Å². The second kappa shape index (κ2) is 7.95. The Hall–Kier alpha value is -1.27. The molecule has 1 aliphatic heterocycles. The van der Waals surface area contributed by atoms with E-state index in [0.29, 0.717) is 12.0 Å². The first-order valence-electron chi connectivity index (χ1n) is 5.53. The standard InChI is InChI=1S/C7H16N2.C3H3N3O/c1-8-6-7-2-4-9-5-3-7;7-2-3-1-4-6-5-3/h7-9H,2-6H2,1H3;1-2H,(H,4,5,6). The Kier molecular flexibility index (Phi) is 6.36. The van der Waals surface area contributed by atoms with Gasteiger partial charge in [0.05, 0.1) is 6.20 Å². The quantitative estimate of drug-likeness (QED) is 0.622. The minimum Gasteiger partial charge on any atom is -0.319 e. The van der Waals surface area contributed by atoms with E-state index in [0.717, 1.165) is 5.92 Å². The van der Waals surface area contributed by atoms with Crippen molar-refractivity contribution in [3.05, 3.63) is 11.9 Å². The van der Waals surface area contributed by atoms with Gasteiger partial charge in [0.2, 0.25) is 0 Å². The van der Waals surface area contributed by atoms with Crippen molar-refractivity contribution in [2.45, 2.75) is 12.8 Å². The lowest BCUT2D eigenvalue weighted by Crippen LogP contribution is -2.32. The fraction of sp³-hybridized carbons (Fsp3) is 0.700. The lowest BCUT2D eigenvalue weighted by atomic mass is 9.98. The van der Waals surface area contributed by atoms with E-state index >= 15 is 0 Å². The van der Waals surface area contributed by atoms with Crippen LogP contribution in [0, 0.1) is 5.92 Å². The summed E-state index contributed by atoms with van der Waals surface area (Å²) in [6, 6.07) is 0. The molecule has 1 fully saturated rings. The Labute approximate surface area is 95.2 Å². The maximum absolute atomic E-state index is 9.75. The molecule has 1 aliphatic rings. The molecule has 2 heterocycles. The summed E-state index contributed by atoms with van der Waals surface area (Å²) >= 11 is 0. The molecule has 1 aromatic rings. The first-order chi connectivity index (χ1) is 7.86. The number of H-pyrrole nitrogens is 1. The molecule has 0 aliphatic carbocycles. The van der Waals surface area contributed by atoms with Crippen LogP contribution in [-0.2, 0) is 0 Å². The lowest BCUT2D eigenvalue weighted by Gasteiger charge is -2.21. The summed E-state index contributed by atoms with van der Waals surface area (Å²) in [6.07, 6.45) is 4.68. The number of aromatic nitrogens is 3. The molecule has 6 nitrogen and oxygen atoms in total. The van der Waals surface area contributed by atoms with E-state index in [1.54, 1.807) is 0 Å². The van der Waals surface area contributed by atoms with Gasteiger partial charge in [-0.1, -0.05) is 0 Å². The van der Waals surface area contributed by atoms with Gasteiger partial charge < -0.3 is 10.6 Å². The third-order valence-electron chi connectivity index (χ3n) is 2.51. The highest BCUT2D eigenvalue weighted by atomic mass is 16.1. The van der Waals surface area contributed by atoms with Crippen molar-refractivity contribution in [3.63, 3.8) is 0 Å². The zero-order chi connectivity index (χ0) is 11.6. The maximum atomic E-state index is 9.75. The summed E-state index contributed by atoms with van der Waals surface area (Å²) in [7, 11) is 2.03. The normalized spacial score (nSPS) is 16.3. The number of aldehydes is 1. The molecule has 0 saturated carbocycles. The topological polar surface area (TPSA) is 82.7 Å². The summed E-state index contributed by atoms with van der Waals surface area (Å²) in [5, 5.41) is 15.7. The fourth-order valence-electron chi connectivity index (χ4n) is 1.64. The molecule has 0 radical (unpaired) electrons. The summed E-state index contributed by atoms with van der Waals surface area (Å²) in [5.74, 6) is 0.927. The third-order valence-corrected chi connectivity index (χ3v) is 2.51. The average Bonchev–Trinajstić information content (AvgIpc) is 2.84. The number of piperidine rings is 1. The van der Waals surface area contributed by atoms with E-state index in [1.165, 1.54) is 38.7 Å². The molecular formula is C10H19N5O. The predicted molar refractivity (Wildman–Crippen MR) is 61.3 cm³/mol. The van der Waals surface area contributed by atoms with Crippen molar-refractivity contribution in [1.82, 2.24) is 26.0 Å². The van der Waals surface area contributed by atoms with Crippen molar-refractivity contribution in [2.75, 3.05) is 26.7 Å². The summed E-state index contributed by atoms with van der Waals surface area (Å²) in [5.41, 5.74) is 0.333. The molecule has 2 rings (SSSR count). The maximum Gasteiger partial charge on any atom is 0.171 e. The van der Waals surface area contributed by atoms with Gasteiger partial charge in [-0.05, 0) is 45.4 Å². The molecule has 1 saturated heterocycles. The van der Waals surface area contributed by atoms with E-state index in [1.807, 2.05) is 7.05 Å². The van der Waals surface area contributed by atoms with Gasteiger partial charge in [-0.15, -0.1) is 0 Å². The number of nitrogens with zero attached hydrogens (tertiary/aromatic N) is 2. The van der Waals surface area contributed by atoms with E-state index < -0.39 is 0 Å². The highest BCUT2D eigenvalue weighted by Gasteiger charge is 2.10. The van der Waals surface area contributed by atoms with Gasteiger partial charge >= 0.3 is 0 Å². The van der Waals surface area contributed by atoms with Gasteiger partial charge in [-0.3, -0.25) is 4.79 Å². The highest BCUT2D eigenvalue weighted by molar-refractivity contribution is 5.70. The van der Waals surface area contributed by atoms with Crippen LogP contribution in [0.1, 0.15) is 23.3 Å².